The van der Waals surface area contributed by atoms with Crippen molar-refractivity contribution in [1.29, 1.82) is 0 Å². The molecule has 0 spiro atoms. The summed E-state index contributed by atoms with van der Waals surface area (Å²) in [4.78, 5) is 107. The number of thiophene rings is 3. The lowest BCUT2D eigenvalue weighted by Crippen LogP contribution is -2.28. The molecule has 6 aliphatic rings. The van der Waals surface area contributed by atoms with Crippen LogP contribution in [0.25, 0.3) is 17.3 Å². The van der Waals surface area contributed by atoms with Crippen LogP contribution in [0.15, 0.2) is 197 Å². The number of pyridine rings is 3. The van der Waals surface area contributed by atoms with E-state index in [0.29, 0.717) is 97.4 Å². The van der Waals surface area contributed by atoms with Gasteiger partial charge in [0.1, 0.15) is 56.9 Å². The van der Waals surface area contributed by atoms with Crippen molar-refractivity contribution in [2.45, 2.75) is 51.6 Å². The van der Waals surface area contributed by atoms with Gasteiger partial charge in [0, 0.05) is 95.1 Å². The van der Waals surface area contributed by atoms with Crippen molar-refractivity contribution in [2.75, 3.05) is 46.2 Å². The highest BCUT2D eigenvalue weighted by Gasteiger charge is 2.49. The quantitative estimate of drug-likeness (QED) is 0.0418. The number of aliphatic hydroxyl groups is 3. The number of hydrogen-bond acceptors (Lipinski definition) is 23. The fraction of sp³-hybridized carbons (Fsp3) is 0.205. The summed E-state index contributed by atoms with van der Waals surface area (Å²) in [6.45, 7) is 6.92. The number of ether oxygens (including phenoxy) is 7. The maximum atomic E-state index is 13.0. The Morgan fingerprint density at radius 1 is 0.424 bits per heavy atom. The summed E-state index contributed by atoms with van der Waals surface area (Å²) >= 11 is 4.29. The Bertz CT molecular complexity index is 4120. The fourth-order valence-corrected chi connectivity index (χ4v) is 14.2. The summed E-state index contributed by atoms with van der Waals surface area (Å²) in [5.74, 6) is -1.74. The molecular formula is C73H62N6O17S3. The Morgan fingerprint density at radius 3 is 0.929 bits per heavy atom. The van der Waals surface area contributed by atoms with Gasteiger partial charge in [-0.25, -0.2) is 0 Å². The summed E-state index contributed by atoms with van der Waals surface area (Å²) < 4.78 is 37.8. The molecule has 26 heteroatoms. The lowest BCUT2D eigenvalue weighted by molar-refractivity contribution is -0.140. The van der Waals surface area contributed by atoms with Crippen LogP contribution in [-0.4, -0.2) is 132 Å². The molecule has 3 saturated heterocycles. The largest absolute Gasteiger partial charge is 0.507 e. The van der Waals surface area contributed by atoms with Gasteiger partial charge in [0.2, 0.25) is 0 Å². The maximum Gasteiger partial charge on any atom is 0.302 e. The predicted molar refractivity (Wildman–Crippen MR) is 364 cm³/mol. The molecule has 23 nitrogen and oxygen atoms in total. The third-order valence-electron chi connectivity index (χ3n) is 16.2. The Kier molecular flexibility index (Phi) is 20.9. The summed E-state index contributed by atoms with van der Waals surface area (Å²) in [7, 11) is 0. The van der Waals surface area contributed by atoms with Crippen LogP contribution in [0.1, 0.15) is 80.0 Å². The molecule has 504 valence electrons. The molecular weight excluding hydrogens is 1330 g/mol. The molecule has 15 rings (SSSR count). The van der Waals surface area contributed by atoms with E-state index in [4.69, 9.17) is 28.4 Å². The van der Waals surface area contributed by atoms with Crippen molar-refractivity contribution >= 4 is 92.3 Å². The highest BCUT2D eigenvalue weighted by molar-refractivity contribution is 7.10. The van der Waals surface area contributed by atoms with E-state index in [1.54, 1.807) is 135 Å². The Hall–Kier alpha value is -11.5. The van der Waals surface area contributed by atoms with Gasteiger partial charge >= 0.3 is 5.97 Å². The zero-order chi connectivity index (χ0) is 69.1. The standard InChI is InChI=1S/3C23H18N2O5S.C4H8O2/c3*26-21(15-3-4-16-17(12-15)30-10-9-29-16)19-20(18-2-1-11-31-18)25(23(28)22(19)27)13-14-5-7-24-8-6-14;1-3-6-4(2)5/h3*1-8,11-12,20,26H,9-10,13H2;3H2,1-2H3/b3*21-19+;. The van der Waals surface area contributed by atoms with E-state index >= 15 is 0 Å². The molecule has 99 heavy (non-hydrogen) atoms. The number of aromatic nitrogens is 3. The number of amides is 3. The van der Waals surface area contributed by atoms with Crippen LogP contribution >= 0.6 is 34.0 Å². The number of rotatable bonds is 13. The zero-order valence-electron chi connectivity index (χ0n) is 53.1. The van der Waals surface area contributed by atoms with Gasteiger partial charge in [0.25, 0.3) is 35.1 Å². The number of hydrogen-bond donors (Lipinski definition) is 3. The summed E-state index contributed by atoms with van der Waals surface area (Å²) in [6, 6.07) is 34.8. The second kappa shape index (κ2) is 30.7. The van der Waals surface area contributed by atoms with Gasteiger partial charge in [-0.2, -0.15) is 0 Å². The monoisotopic (exact) mass is 1390 g/mol. The number of nitrogens with zero attached hydrogens (tertiary/aromatic N) is 6. The average Bonchev–Trinajstić information content (AvgIpc) is 1.63. The number of Topliss-reactive ketones (excluding diaryl/α,β-unsaturated/α-hetero) is 3. The first kappa shape index (κ1) is 67.5. The van der Waals surface area contributed by atoms with Crippen LogP contribution in [-0.2, 0) is 57.9 Å². The van der Waals surface area contributed by atoms with Crippen molar-refractivity contribution in [1.82, 2.24) is 29.7 Å². The number of benzene rings is 3. The van der Waals surface area contributed by atoms with Crippen LogP contribution in [0, 0.1) is 0 Å². The molecule has 0 bridgehead atoms. The van der Waals surface area contributed by atoms with E-state index in [1.165, 1.54) is 55.6 Å². The minimum atomic E-state index is -0.708. The Balaban J connectivity index is 0.000000135. The third-order valence-corrected chi connectivity index (χ3v) is 18.9. The maximum absolute atomic E-state index is 13.0. The number of aliphatic hydroxyl groups excluding tert-OH is 3. The van der Waals surface area contributed by atoms with E-state index in [9.17, 15) is 48.9 Å². The molecule has 3 aromatic carbocycles. The van der Waals surface area contributed by atoms with Crippen molar-refractivity contribution < 1.29 is 82.0 Å². The minimum Gasteiger partial charge on any atom is -0.507 e. The number of ketones is 3. The molecule has 3 atom stereocenters. The minimum absolute atomic E-state index is 0.0678. The Morgan fingerprint density at radius 2 is 0.697 bits per heavy atom. The number of fused-ring (bicyclic) bond motifs is 3. The van der Waals surface area contributed by atoms with Gasteiger partial charge in [-0.1, -0.05) is 18.2 Å². The molecule has 0 aliphatic carbocycles. The first-order valence-corrected chi connectivity index (χ1v) is 33.8. The molecule has 0 saturated carbocycles. The summed E-state index contributed by atoms with van der Waals surface area (Å²) in [5, 5.41) is 39.1. The first-order valence-electron chi connectivity index (χ1n) is 31.1. The van der Waals surface area contributed by atoms with Crippen LogP contribution in [0.5, 0.6) is 34.5 Å². The van der Waals surface area contributed by atoms with Gasteiger partial charge in [0.15, 0.2) is 34.5 Å². The predicted octanol–water partition coefficient (Wildman–Crippen LogP) is 11.2. The molecule has 12 heterocycles. The zero-order valence-corrected chi connectivity index (χ0v) is 55.5. The molecule has 9 aromatic rings. The van der Waals surface area contributed by atoms with Gasteiger partial charge in [-0.15, -0.1) is 34.0 Å². The second-order valence-electron chi connectivity index (χ2n) is 22.4. The number of likely N-dealkylation sites (tertiary alicyclic amines) is 3. The van der Waals surface area contributed by atoms with Gasteiger partial charge in [-0.05, 0) is 149 Å². The van der Waals surface area contributed by atoms with Crippen LogP contribution in [0.2, 0.25) is 0 Å². The lowest BCUT2D eigenvalue weighted by atomic mass is 9.99. The SMILES string of the molecule is CCOC(C)=O.O=C1C(=O)N(Cc2ccncc2)C(c2cccs2)/C1=C(\O)c1ccc2c(c1)OCCO2.O=C1C(=O)N(Cc2ccncc2)C(c2cccs2)/C1=C(\O)c1ccc2c(c1)OCCO2.O=C1C(=O)N(Cc2ccncc2)C(c2cccs2)/C1=C(\O)c1ccc2c(c1)OCCO2. The van der Waals surface area contributed by atoms with E-state index in [1.807, 2.05) is 52.5 Å². The highest BCUT2D eigenvalue weighted by Crippen LogP contribution is 2.47. The molecule has 6 aliphatic heterocycles. The second-order valence-corrected chi connectivity index (χ2v) is 25.3. The van der Waals surface area contributed by atoms with E-state index in [2.05, 4.69) is 19.7 Å². The normalized spacial score (nSPS) is 18.9. The fourth-order valence-electron chi connectivity index (χ4n) is 11.7. The van der Waals surface area contributed by atoms with Crippen LogP contribution < -0.4 is 28.4 Å². The van der Waals surface area contributed by atoms with E-state index in [-0.39, 0.29) is 59.6 Å². The van der Waals surface area contributed by atoms with Gasteiger partial charge < -0.3 is 63.2 Å². The Labute approximate surface area is 578 Å². The van der Waals surface area contributed by atoms with Gasteiger partial charge in [-0.3, -0.25) is 48.5 Å². The summed E-state index contributed by atoms with van der Waals surface area (Å²) in [5.41, 5.74) is 3.93. The van der Waals surface area contributed by atoms with Crippen LogP contribution in [0.3, 0.4) is 0 Å². The highest BCUT2D eigenvalue weighted by atomic mass is 32.1. The molecule has 3 unspecified atom stereocenters. The lowest BCUT2D eigenvalue weighted by Gasteiger charge is -2.24. The molecule has 3 amide bonds. The van der Waals surface area contributed by atoms with Crippen molar-refractivity contribution in [3.63, 3.8) is 0 Å². The molecule has 3 fully saturated rings. The third kappa shape index (κ3) is 14.8. The van der Waals surface area contributed by atoms with Crippen molar-refractivity contribution in [3.05, 3.63) is 245 Å². The smallest absolute Gasteiger partial charge is 0.302 e. The van der Waals surface area contributed by atoms with Crippen molar-refractivity contribution in [3.8, 4) is 34.5 Å². The first-order chi connectivity index (χ1) is 48.2. The molecule has 0 radical (unpaired) electrons. The van der Waals surface area contributed by atoms with E-state index in [0.717, 1.165) is 31.3 Å². The van der Waals surface area contributed by atoms with Gasteiger partial charge in [0.05, 0.1) is 41.5 Å². The number of carbonyl (C=O) groups excluding carboxylic acids is 7. The van der Waals surface area contributed by atoms with E-state index < -0.39 is 53.2 Å². The van der Waals surface area contributed by atoms with Crippen LogP contribution in [0.4, 0.5) is 0 Å². The number of carbonyl (C=O) groups is 7. The summed E-state index contributed by atoms with van der Waals surface area (Å²) in [6.07, 6.45) is 9.84. The average molecular weight is 1390 g/mol. The topological polar surface area (TPSA) is 293 Å². The molecule has 3 N–H and O–H groups in total. The van der Waals surface area contributed by atoms with Crippen molar-refractivity contribution in [2.24, 2.45) is 0 Å². The molecule has 6 aromatic heterocycles. The number of esters is 1.